The molecule has 2 saturated heterocycles. The van der Waals surface area contributed by atoms with Gasteiger partial charge in [0.25, 0.3) is 0 Å². The van der Waals surface area contributed by atoms with Gasteiger partial charge in [-0.05, 0) is 68.4 Å². The van der Waals surface area contributed by atoms with E-state index in [1.165, 1.54) is 0 Å². The molecule has 10 heteroatoms. The largest absolute Gasteiger partial charge is 0.493 e. The molecular weight excluding hydrogens is 526 g/mol. The first kappa shape index (κ1) is 29.1. The van der Waals surface area contributed by atoms with Crippen LogP contribution in [0.4, 0.5) is 5.69 Å². The number of unbranched alkanes of at least 4 members (excludes halogenated alkanes) is 1. The molecule has 4 atom stereocenters. The Morgan fingerprint density at radius 1 is 1.22 bits per heavy atom. The molecule has 5 rings (SSSR count). The van der Waals surface area contributed by atoms with Crippen molar-refractivity contribution in [2.24, 2.45) is 5.92 Å². The summed E-state index contributed by atoms with van der Waals surface area (Å²) in [5.74, 6) is -0.398. The first-order valence-corrected chi connectivity index (χ1v) is 14.8. The number of carbonyl (C=O) groups excluding carboxylic acids is 1. The number of likely N-dealkylation sites (tertiary alicyclic amines) is 1. The summed E-state index contributed by atoms with van der Waals surface area (Å²) in [5.41, 5.74) is 1.56. The summed E-state index contributed by atoms with van der Waals surface area (Å²) in [6.07, 6.45) is 9.90. The van der Waals surface area contributed by atoms with E-state index in [1.807, 2.05) is 24.3 Å². The summed E-state index contributed by atoms with van der Waals surface area (Å²) in [6.45, 7) is 4.07. The lowest BCUT2D eigenvalue weighted by atomic mass is 9.83. The van der Waals surface area contributed by atoms with Crippen molar-refractivity contribution in [3.8, 4) is 17.2 Å². The number of rotatable bonds is 12. The highest BCUT2D eigenvalue weighted by molar-refractivity contribution is 5.94. The van der Waals surface area contributed by atoms with Gasteiger partial charge in [-0.1, -0.05) is 13.3 Å². The molecule has 0 spiro atoms. The highest BCUT2D eigenvalue weighted by atomic mass is 16.7. The van der Waals surface area contributed by atoms with E-state index < -0.39 is 11.9 Å². The predicted molar refractivity (Wildman–Crippen MR) is 153 cm³/mol. The van der Waals surface area contributed by atoms with E-state index in [2.05, 4.69) is 16.8 Å². The number of hydrogen-bond acceptors (Lipinski definition) is 8. The molecule has 0 radical (unpaired) electrons. The van der Waals surface area contributed by atoms with Crippen molar-refractivity contribution in [2.45, 2.75) is 69.9 Å². The number of carboxylic acids is 1. The van der Waals surface area contributed by atoms with Gasteiger partial charge in [0.15, 0.2) is 11.5 Å². The number of ether oxygens (including phenoxy) is 4. The SMILES string of the molecule is CCCCN(C(=O)CN1C[C@H](c2cc(OC)c3c(c2)OCO3)[C@@H](C(=O)O)[C@@H]1CCC1CCCCO1)c1cccnc1. The zero-order valence-corrected chi connectivity index (χ0v) is 24.0. The van der Waals surface area contributed by atoms with Crippen LogP contribution in [0.1, 0.15) is 63.4 Å². The van der Waals surface area contributed by atoms with Gasteiger partial charge in [-0.2, -0.15) is 0 Å². The second-order valence-electron chi connectivity index (χ2n) is 11.1. The Balaban J connectivity index is 1.44. The van der Waals surface area contributed by atoms with Crippen LogP contribution in [0, 0.1) is 5.92 Å². The number of aromatic nitrogens is 1. The summed E-state index contributed by atoms with van der Waals surface area (Å²) in [4.78, 5) is 34.8. The number of fused-ring (bicyclic) bond motifs is 1. The van der Waals surface area contributed by atoms with Gasteiger partial charge in [0.2, 0.25) is 18.4 Å². The quantitative estimate of drug-likeness (QED) is 0.397. The van der Waals surface area contributed by atoms with Crippen LogP contribution in [-0.4, -0.2) is 79.2 Å². The number of pyridine rings is 1. The van der Waals surface area contributed by atoms with E-state index in [1.54, 1.807) is 24.4 Å². The van der Waals surface area contributed by atoms with Crippen LogP contribution in [0.15, 0.2) is 36.7 Å². The maximum Gasteiger partial charge on any atom is 0.308 e. The fourth-order valence-electron chi connectivity index (χ4n) is 6.43. The van der Waals surface area contributed by atoms with Crippen LogP contribution >= 0.6 is 0 Å². The topological polar surface area (TPSA) is 111 Å². The van der Waals surface area contributed by atoms with Gasteiger partial charge >= 0.3 is 5.97 Å². The van der Waals surface area contributed by atoms with Crippen LogP contribution in [-0.2, 0) is 14.3 Å². The molecule has 0 bridgehead atoms. The first-order valence-electron chi connectivity index (χ1n) is 14.8. The molecule has 0 aliphatic carbocycles. The second-order valence-corrected chi connectivity index (χ2v) is 11.1. The van der Waals surface area contributed by atoms with Crippen LogP contribution in [0.2, 0.25) is 0 Å². The van der Waals surface area contributed by atoms with Crippen LogP contribution < -0.4 is 19.1 Å². The average Bonchev–Trinajstić information content (AvgIpc) is 3.61. The maximum absolute atomic E-state index is 13.9. The van der Waals surface area contributed by atoms with E-state index in [-0.39, 0.29) is 37.3 Å². The molecule has 1 unspecified atom stereocenters. The number of carboxylic acid groups (broad SMARTS) is 1. The number of benzene rings is 1. The van der Waals surface area contributed by atoms with E-state index in [0.717, 1.165) is 56.4 Å². The number of methoxy groups -OCH3 is 1. The van der Waals surface area contributed by atoms with Gasteiger partial charge in [-0.3, -0.25) is 19.5 Å². The molecule has 3 aliphatic heterocycles. The number of nitrogens with zero attached hydrogens (tertiary/aromatic N) is 3. The van der Waals surface area contributed by atoms with E-state index in [0.29, 0.717) is 36.8 Å². The number of anilines is 1. The standard InChI is InChI=1S/C31H41N3O7/c1-3-4-13-34(22-8-7-12-32-17-22)28(35)19-33-18-24(21-15-26(38-2)30-27(16-21)40-20-41-30)29(31(36)37)25(33)11-10-23-9-5-6-14-39-23/h7-8,12,15-17,23-25,29H,3-6,9-11,13-14,18-20H2,1-2H3,(H,36,37)/t23?,24-,25+,29-/m1/s1. The van der Waals surface area contributed by atoms with Crippen LogP contribution in [0.5, 0.6) is 17.2 Å². The third kappa shape index (κ3) is 6.59. The van der Waals surface area contributed by atoms with E-state index in [9.17, 15) is 14.7 Å². The van der Waals surface area contributed by atoms with Crippen molar-refractivity contribution >= 4 is 17.6 Å². The van der Waals surface area contributed by atoms with Gasteiger partial charge in [0, 0.05) is 37.9 Å². The van der Waals surface area contributed by atoms with Crippen molar-refractivity contribution < 1.29 is 33.6 Å². The molecule has 222 valence electrons. The monoisotopic (exact) mass is 567 g/mol. The second kappa shape index (κ2) is 13.5. The van der Waals surface area contributed by atoms with Crippen LogP contribution in [0.3, 0.4) is 0 Å². The zero-order chi connectivity index (χ0) is 28.8. The first-order chi connectivity index (χ1) is 20.0. The van der Waals surface area contributed by atoms with E-state index >= 15 is 0 Å². The van der Waals surface area contributed by atoms with E-state index in [4.69, 9.17) is 18.9 Å². The molecule has 2 fully saturated rings. The lowest BCUT2D eigenvalue weighted by Crippen LogP contribution is -2.45. The maximum atomic E-state index is 13.9. The minimum atomic E-state index is -0.869. The fraction of sp³-hybridized carbons (Fsp3) is 0.581. The smallest absolute Gasteiger partial charge is 0.308 e. The lowest BCUT2D eigenvalue weighted by Gasteiger charge is -2.31. The highest BCUT2D eigenvalue weighted by Gasteiger charge is 2.48. The van der Waals surface area contributed by atoms with Crippen molar-refractivity contribution in [2.75, 3.05) is 45.0 Å². The number of carbonyl (C=O) groups is 2. The fourth-order valence-corrected chi connectivity index (χ4v) is 6.43. The molecule has 1 aromatic carbocycles. The summed E-state index contributed by atoms with van der Waals surface area (Å²) >= 11 is 0. The molecular formula is C31H41N3O7. The van der Waals surface area contributed by atoms with Crippen LogP contribution in [0.25, 0.3) is 0 Å². The summed E-state index contributed by atoms with van der Waals surface area (Å²) in [5, 5.41) is 10.6. The summed E-state index contributed by atoms with van der Waals surface area (Å²) in [6, 6.07) is 7.11. The summed E-state index contributed by atoms with van der Waals surface area (Å²) < 4.78 is 22.8. The third-order valence-corrected chi connectivity index (χ3v) is 8.53. The molecule has 3 aliphatic rings. The number of amides is 1. The number of hydrogen-bond donors (Lipinski definition) is 1. The molecule has 1 aromatic heterocycles. The number of aliphatic carboxylic acids is 1. The zero-order valence-electron chi connectivity index (χ0n) is 24.0. The van der Waals surface area contributed by atoms with Gasteiger partial charge in [-0.15, -0.1) is 0 Å². The van der Waals surface area contributed by atoms with Gasteiger partial charge in [-0.25, -0.2) is 0 Å². The Morgan fingerprint density at radius 3 is 2.80 bits per heavy atom. The van der Waals surface area contributed by atoms with Crippen molar-refractivity contribution in [1.29, 1.82) is 0 Å². The summed E-state index contributed by atoms with van der Waals surface area (Å²) in [7, 11) is 1.56. The molecule has 4 heterocycles. The van der Waals surface area contributed by atoms with Gasteiger partial charge in [0.05, 0.1) is 37.6 Å². The molecule has 41 heavy (non-hydrogen) atoms. The minimum absolute atomic E-state index is 0.0570. The Hall–Kier alpha value is -3.37. The Labute approximate surface area is 241 Å². The Morgan fingerprint density at radius 2 is 2.10 bits per heavy atom. The lowest BCUT2D eigenvalue weighted by molar-refractivity contribution is -0.143. The molecule has 0 saturated carbocycles. The Kier molecular flexibility index (Phi) is 9.61. The minimum Gasteiger partial charge on any atom is -0.493 e. The van der Waals surface area contributed by atoms with Crippen molar-refractivity contribution in [3.05, 3.63) is 42.2 Å². The predicted octanol–water partition coefficient (Wildman–Crippen LogP) is 4.47. The van der Waals surface area contributed by atoms with Crippen molar-refractivity contribution in [3.63, 3.8) is 0 Å². The third-order valence-electron chi connectivity index (χ3n) is 8.53. The normalized spacial score (nSPS) is 23.9. The molecule has 1 amide bonds. The molecule has 10 nitrogen and oxygen atoms in total. The molecule has 2 aromatic rings. The van der Waals surface area contributed by atoms with Crippen molar-refractivity contribution in [1.82, 2.24) is 9.88 Å². The highest BCUT2D eigenvalue weighted by Crippen LogP contribution is 2.47. The Bertz CT molecular complexity index is 1190. The average molecular weight is 568 g/mol. The van der Waals surface area contributed by atoms with Gasteiger partial charge < -0.3 is 29.0 Å². The van der Waals surface area contributed by atoms with Gasteiger partial charge in [0.1, 0.15) is 0 Å². The molecule has 1 N–H and O–H groups in total.